The molecule has 2 saturated heterocycles. The number of guanidine groups is 1. The van der Waals surface area contributed by atoms with E-state index in [-0.39, 0.29) is 24.0 Å². The smallest absolute Gasteiger partial charge is 0.191 e. The van der Waals surface area contributed by atoms with Crippen molar-refractivity contribution in [3.05, 3.63) is 0 Å². The summed E-state index contributed by atoms with van der Waals surface area (Å²) in [5.41, 5.74) is 0. The van der Waals surface area contributed by atoms with E-state index in [0.29, 0.717) is 0 Å². The van der Waals surface area contributed by atoms with Gasteiger partial charge in [-0.3, -0.25) is 4.99 Å². The molecule has 4 nitrogen and oxygen atoms in total. The molecule has 2 fully saturated rings. The van der Waals surface area contributed by atoms with Crippen molar-refractivity contribution in [3.63, 3.8) is 0 Å². The van der Waals surface area contributed by atoms with Gasteiger partial charge in [0.05, 0.1) is 0 Å². The molecule has 6 heteroatoms. The molecule has 0 aromatic heterocycles. The van der Waals surface area contributed by atoms with Gasteiger partial charge in [-0.2, -0.15) is 11.8 Å². The number of hydrogen-bond acceptors (Lipinski definition) is 3. The summed E-state index contributed by atoms with van der Waals surface area (Å²) in [4.78, 5) is 6.95. The molecule has 23 heavy (non-hydrogen) atoms. The number of unbranched alkanes of at least 4 members (excludes halogenated alkanes) is 1. The van der Waals surface area contributed by atoms with E-state index >= 15 is 0 Å². The zero-order chi connectivity index (χ0) is 15.6. The van der Waals surface area contributed by atoms with Gasteiger partial charge in [0, 0.05) is 25.4 Å². The van der Waals surface area contributed by atoms with Crippen LogP contribution in [-0.2, 0) is 0 Å². The Hall–Kier alpha value is 0.310. The Bertz CT molecular complexity index is 327. The van der Waals surface area contributed by atoms with Crippen LogP contribution in [0.3, 0.4) is 0 Å². The quantitative estimate of drug-likeness (QED) is 0.268. The first-order valence-corrected chi connectivity index (χ1v) is 10.1. The van der Waals surface area contributed by atoms with Crippen molar-refractivity contribution in [2.75, 3.05) is 45.5 Å². The molecule has 0 amide bonds. The number of aliphatic imine (C=N–C) groups is 1. The third kappa shape index (κ3) is 8.82. The van der Waals surface area contributed by atoms with Gasteiger partial charge in [0.1, 0.15) is 0 Å². The third-order valence-electron chi connectivity index (χ3n) is 4.81. The molecule has 0 aliphatic carbocycles. The Kier molecular flexibility index (Phi) is 11.7. The minimum absolute atomic E-state index is 0. The van der Waals surface area contributed by atoms with Gasteiger partial charge in [0.2, 0.25) is 0 Å². The van der Waals surface area contributed by atoms with Crippen molar-refractivity contribution in [3.8, 4) is 0 Å². The fraction of sp³-hybridized carbons (Fsp3) is 0.941. The van der Waals surface area contributed by atoms with Crippen LogP contribution >= 0.6 is 35.7 Å². The van der Waals surface area contributed by atoms with Crippen LogP contribution in [0.15, 0.2) is 4.99 Å². The van der Waals surface area contributed by atoms with Gasteiger partial charge in [-0.15, -0.1) is 24.0 Å². The monoisotopic (exact) mass is 454 g/mol. The molecule has 0 radical (unpaired) electrons. The second kappa shape index (κ2) is 12.6. The molecule has 2 N–H and O–H groups in total. The Morgan fingerprint density at radius 2 is 1.96 bits per heavy atom. The fourth-order valence-electron chi connectivity index (χ4n) is 3.19. The van der Waals surface area contributed by atoms with Crippen LogP contribution in [-0.4, -0.2) is 61.6 Å². The van der Waals surface area contributed by atoms with Crippen molar-refractivity contribution in [2.24, 2.45) is 10.9 Å². The highest BCUT2D eigenvalue weighted by molar-refractivity contribution is 14.0. The standard InChI is InChI=1S/C17H34N4S.HI/c1-15-7-11-21(12-8-15)10-4-3-9-19-17(18-2)20-14-16-6-5-13-22-16;/h15-16H,3-14H2,1-2H3,(H2,18,19,20);1H. The zero-order valence-corrected chi connectivity index (χ0v) is 18.0. The minimum atomic E-state index is 0. The van der Waals surface area contributed by atoms with Crippen LogP contribution in [0.1, 0.15) is 45.4 Å². The Morgan fingerprint density at radius 3 is 2.61 bits per heavy atom. The number of thioether (sulfide) groups is 1. The predicted octanol–water partition coefficient (Wildman–Crippen LogP) is 3.18. The largest absolute Gasteiger partial charge is 0.356 e. The lowest BCUT2D eigenvalue weighted by Crippen LogP contribution is -2.40. The lowest BCUT2D eigenvalue weighted by atomic mass is 9.99. The summed E-state index contributed by atoms with van der Waals surface area (Å²) in [5.74, 6) is 3.23. The summed E-state index contributed by atoms with van der Waals surface area (Å²) in [7, 11) is 1.87. The van der Waals surface area contributed by atoms with Gasteiger partial charge < -0.3 is 15.5 Å². The topological polar surface area (TPSA) is 39.7 Å². The van der Waals surface area contributed by atoms with Crippen LogP contribution < -0.4 is 10.6 Å². The van der Waals surface area contributed by atoms with E-state index in [9.17, 15) is 0 Å². The fourth-order valence-corrected chi connectivity index (χ4v) is 4.39. The summed E-state index contributed by atoms with van der Waals surface area (Å²) in [6.45, 7) is 8.33. The van der Waals surface area contributed by atoms with Crippen molar-refractivity contribution in [1.29, 1.82) is 0 Å². The van der Waals surface area contributed by atoms with Gasteiger partial charge in [-0.1, -0.05) is 6.92 Å². The molecule has 136 valence electrons. The first kappa shape index (κ1) is 21.4. The minimum Gasteiger partial charge on any atom is -0.356 e. The number of rotatable bonds is 7. The molecule has 0 saturated carbocycles. The maximum Gasteiger partial charge on any atom is 0.191 e. The van der Waals surface area contributed by atoms with E-state index in [1.165, 1.54) is 63.9 Å². The van der Waals surface area contributed by atoms with Gasteiger partial charge in [0.15, 0.2) is 5.96 Å². The Morgan fingerprint density at radius 1 is 1.17 bits per heavy atom. The van der Waals surface area contributed by atoms with Gasteiger partial charge in [0.25, 0.3) is 0 Å². The number of halogens is 1. The van der Waals surface area contributed by atoms with E-state index in [1.54, 1.807) is 0 Å². The van der Waals surface area contributed by atoms with E-state index in [2.05, 4.69) is 39.2 Å². The van der Waals surface area contributed by atoms with Crippen LogP contribution in [0.25, 0.3) is 0 Å². The van der Waals surface area contributed by atoms with E-state index in [4.69, 9.17) is 0 Å². The highest BCUT2D eigenvalue weighted by atomic mass is 127. The average molecular weight is 454 g/mol. The molecule has 2 rings (SSSR count). The summed E-state index contributed by atoms with van der Waals surface area (Å²) >= 11 is 2.09. The molecule has 0 aromatic carbocycles. The second-order valence-electron chi connectivity index (χ2n) is 6.75. The number of nitrogens with one attached hydrogen (secondary N) is 2. The molecule has 2 heterocycles. The first-order valence-electron chi connectivity index (χ1n) is 9.06. The SMILES string of the molecule is CN=C(NCCCCN1CCC(C)CC1)NCC1CCCS1.I. The maximum absolute atomic E-state index is 4.32. The second-order valence-corrected chi connectivity index (χ2v) is 8.15. The maximum atomic E-state index is 4.32. The van der Waals surface area contributed by atoms with Crippen molar-refractivity contribution >= 4 is 41.7 Å². The average Bonchev–Trinajstić information content (AvgIpc) is 3.05. The number of nitrogens with zero attached hydrogens (tertiary/aromatic N) is 2. The molecular weight excluding hydrogens is 419 g/mol. The van der Waals surface area contributed by atoms with Crippen LogP contribution in [0, 0.1) is 5.92 Å². The van der Waals surface area contributed by atoms with Gasteiger partial charge in [-0.25, -0.2) is 0 Å². The molecule has 1 unspecified atom stereocenters. The molecule has 2 aliphatic rings. The molecular formula is C17H35IN4S. The van der Waals surface area contributed by atoms with E-state index in [1.807, 2.05) is 7.05 Å². The molecule has 0 spiro atoms. The predicted molar refractivity (Wildman–Crippen MR) is 114 cm³/mol. The van der Waals surface area contributed by atoms with Crippen LogP contribution in [0.4, 0.5) is 0 Å². The van der Waals surface area contributed by atoms with Gasteiger partial charge >= 0.3 is 0 Å². The molecule has 2 aliphatic heterocycles. The van der Waals surface area contributed by atoms with Gasteiger partial charge in [-0.05, 0) is 69.8 Å². The number of likely N-dealkylation sites (tertiary alicyclic amines) is 1. The first-order chi connectivity index (χ1) is 10.8. The zero-order valence-electron chi connectivity index (χ0n) is 14.9. The lowest BCUT2D eigenvalue weighted by Gasteiger charge is -2.30. The Labute approximate surface area is 164 Å². The molecule has 1 atom stereocenters. The van der Waals surface area contributed by atoms with E-state index < -0.39 is 0 Å². The third-order valence-corrected chi connectivity index (χ3v) is 6.21. The normalized spacial score (nSPS) is 23.6. The Balaban J connectivity index is 0.00000264. The molecule has 0 aromatic rings. The van der Waals surface area contributed by atoms with Crippen molar-refractivity contribution in [1.82, 2.24) is 15.5 Å². The van der Waals surface area contributed by atoms with E-state index in [0.717, 1.165) is 30.2 Å². The number of hydrogen-bond donors (Lipinski definition) is 2. The van der Waals surface area contributed by atoms with Crippen LogP contribution in [0.2, 0.25) is 0 Å². The highest BCUT2D eigenvalue weighted by Crippen LogP contribution is 2.25. The van der Waals surface area contributed by atoms with Crippen molar-refractivity contribution in [2.45, 2.75) is 50.7 Å². The summed E-state index contributed by atoms with van der Waals surface area (Å²) < 4.78 is 0. The summed E-state index contributed by atoms with van der Waals surface area (Å²) in [5, 5.41) is 7.69. The van der Waals surface area contributed by atoms with Crippen LogP contribution in [0.5, 0.6) is 0 Å². The molecule has 0 bridgehead atoms. The number of piperidine rings is 1. The van der Waals surface area contributed by atoms with Crippen molar-refractivity contribution < 1.29 is 0 Å². The highest BCUT2D eigenvalue weighted by Gasteiger charge is 2.16. The summed E-state index contributed by atoms with van der Waals surface area (Å²) in [6.07, 6.45) is 8.01. The summed E-state index contributed by atoms with van der Waals surface area (Å²) in [6, 6.07) is 0. The lowest BCUT2D eigenvalue weighted by molar-refractivity contribution is 0.189.